The number of rotatable bonds is 14. The van der Waals surface area contributed by atoms with Crippen molar-refractivity contribution in [2.24, 2.45) is 11.8 Å². The third kappa shape index (κ3) is 6.22. The average Bonchev–Trinajstić information content (AvgIpc) is 3.78. The largest absolute Gasteiger partial charge is 0.455 e. The van der Waals surface area contributed by atoms with Crippen molar-refractivity contribution in [2.45, 2.75) is 75.5 Å². The van der Waals surface area contributed by atoms with Gasteiger partial charge >= 0.3 is 5.97 Å². The molecular weight excluding hydrogens is 634 g/mol. The predicted molar refractivity (Wildman–Crippen MR) is 190 cm³/mol. The van der Waals surface area contributed by atoms with Crippen LogP contribution in [0.5, 0.6) is 0 Å². The van der Waals surface area contributed by atoms with Gasteiger partial charge in [0.2, 0.25) is 11.8 Å². The highest BCUT2D eigenvalue weighted by molar-refractivity contribution is 6.05. The first kappa shape index (κ1) is 35.0. The predicted octanol–water partition coefficient (Wildman–Crippen LogP) is 4.87. The molecule has 6 rings (SSSR count). The van der Waals surface area contributed by atoms with E-state index in [4.69, 9.17) is 9.47 Å². The fourth-order valence-corrected chi connectivity index (χ4v) is 8.08. The number of aliphatic hydroxyl groups excluding tert-OH is 1. The molecule has 3 aromatic carbocycles. The number of ether oxygens (including phenoxy) is 2. The topological polar surface area (TPSA) is 125 Å². The number of benzene rings is 3. The third-order valence-corrected chi connectivity index (χ3v) is 10.4. The van der Waals surface area contributed by atoms with Crippen LogP contribution in [0.1, 0.15) is 51.2 Å². The Kier molecular flexibility index (Phi) is 10.2. The molecule has 3 fully saturated rings. The van der Waals surface area contributed by atoms with Crippen LogP contribution in [-0.4, -0.2) is 76.7 Å². The number of fused-ring (bicyclic) bond motifs is 2. The van der Waals surface area contributed by atoms with Gasteiger partial charge < -0.3 is 29.7 Å². The molecule has 0 aromatic heterocycles. The van der Waals surface area contributed by atoms with Gasteiger partial charge in [-0.15, -0.1) is 13.2 Å². The molecule has 0 saturated carbocycles. The van der Waals surface area contributed by atoms with Crippen molar-refractivity contribution in [3.05, 3.63) is 104 Å². The van der Waals surface area contributed by atoms with Crippen LogP contribution in [0.2, 0.25) is 0 Å². The molecule has 3 aliphatic heterocycles. The highest BCUT2D eigenvalue weighted by Crippen LogP contribution is 2.59. The maximum atomic E-state index is 14.8. The molecule has 0 aliphatic carbocycles. The smallest absolute Gasteiger partial charge is 0.313 e. The summed E-state index contributed by atoms with van der Waals surface area (Å²) < 4.78 is 12.9. The van der Waals surface area contributed by atoms with E-state index in [1.165, 1.54) is 4.90 Å². The van der Waals surface area contributed by atoms with Crippen LogP contribution in [-0.2, 0) is 28.7 Å². The lowest BCUT2D eigenvalue weighted by molar-refractivity contribution is -0.162. The normalized spacial score (nSPS) is 25.4. The molecule has 10 nitrogen and oxygen atoms in total. The van der Waals surface area contributed by atoms with Crippen LogP contribution in [0.25, 0.3) is 10.8 Å². The van der Waals surface area contributed by atoms with E-state index >= 15 is 0 Å². The third-order valence-electron chi connectivity index (χ3n) is 10.4. The number of hydrogen-bond acceptors (Lipinski definition) is 7. The van der Waals surface area contributed by atoms with E-state index in [2.05, 4.69) is 18.5 Å². The molecule has 2 bridgehead atoms. The fraction of sp³-hybridized carbons (Fsp3) is 0.400. The number of aliphatic hydroxyl groups is 1. The van der Waals surface area contributed by atoms with Gasteiger partial charge in [-0.25, -0.2) is 0 Å². The summed E-state index contributed by atoms with van der Waals surface area (Å²) in [5, 5.41) is 15.2. The maximum absolute atomic E-state index is 14.8. The van der Waals surface area contributed by atoms with Crippen molar-refractivity contribution in [3.8, 4) is 0 Å². The number of nitrogens with one attached hydrogen (secondary N) is 1. The summed E-state index contributed by atoms with van der Waals surface area (Å²) in [4.78, 5) is 59.3. The minimum atomic E-state index is -1.30. The Morgan fingerprint density at radius 1 is 1.06 bits per heavy atom. The number of anilines is 1. The zero-order valence-corrected chi connectivity index (χ0v) is 28.6. The first-order valence-corrected chi connectivity index (χ1v) is 17.3. The molecule has 3 heterocycles. The zero-order chi connectivity index (χ0) is 35.6. The minimum Gasteiger partial charge on any atom is -0.455 e. The highest BCUT2D eigenvalue weighted by atomic mass is 16.6. The van der Waals surface area contributed by atoms with Gasteiger partial charge in [-0.2, -0.15) is 0 Å². The van der Waals surface area contributed by atoms with Gasteiger partial charge in [-0.1, -0.05) is 72.8 Å². The number of allylic oxidation sites excluding steroid dienone is 1. The van der Waals surface area contributed by atoms with Gasteiger partial charge in [0.15, 0.2) is 0 Å². The van der Waals surface area contributed by atoms with Gasteiger partial charge in [0.1, 0.15) is 17.7 Å². The highest BCUT2D eigenvalue weighted by Gasteiger charge is 2.75. The van der Waals surface area contributed by atoms with E-state index in [1.54, 1.807) is 30.9 Å². The van der Waals surface area contributed by atoms with Crippen LogP contribution in [0, 0.1) is 11.8 Å². The molecule has 1 spiro atoms. The van der Waals surface area contributed by atoms with Crippen molar-refractivity contribution in [1.82, 2.24) is 10.2 Å². The number of likely N-dealkylation sites (tertiary alicyclic amines) is 1. The number of nitrogens with zero attached hydrogens (tertiary/aromatic N) is 2. The monoisotopic (exact) mass is 679 g/mol. The number of amides is 3. The molecule has 3 aliphatic rings. The summed E-state index contributed by atoms with van der Waals surface area (Å²) >= 11 is 0. The molecule has 50 heavy (non-hydrogen) atoms. The molecular formula is C40H45N3O7. The Bertz CT molecular complexity index is 1780. The van der Waals surface area contributed by atoms with Crippen LogP contribution in [0.3, 0.4) is 0 Å². The second-order valence-corrected chi connectivity index (χ2v) is 13.6. The fourth-order valence-electron chi connectivity index (χ4n) is 8.08. The lowest BCUT2D eigenvalue weighted by atomic mass is 9.70. The van der Waals surface area contributed by atoms with E-state index in [0.717, 1.165) is 10.8 Å². The minimum absolute atomic E-state index is 0.175. The quantitative estimate of drug-likeness (QED) is 0.184. The van der Waals surface area contributed by atoms with Gasteiger partial charge in [0.05, 0.1) is 36.6 Å². The first-order valence-electron chi connectivity index (χ1n) is 17.3. The summed E-state index contributed by atoms with van der Waals surface area (Å²) in [6.45, 7) is 10.8. The molecule has 3 aromatic rings. The molecule has 3 saturated heterocycles. The molecule has 3 amide bonds. The van der Waals surface area contributed by atoms with Crippen molar-refractivity contribution >= 4 is 40.2 Å². The Morgan fingerprint density at radius 3 is 2.48 bits per heavy atom. The Morgan fingerprint density at radius 2 is 1.78 bits per heavy atom. The molecule has 2 N–H and O–H groups in total. The molecule has 262 valence electrons. The number of carbonyl (C=O) groups excluding carboxylic acids is 4. The van der Waals surface area contributed by atoms with Crippen LogP contribution < -0.4 is 10.2 Å². The summed E-state index contributed by atoms with van der Waals surface area (Å²) in [7, 11) is 0. The van der Waals surface area contributed by atoms with E-state index in [9.17, 15) is 24.3 Å². The SMILES string of the molecule is C=CCCC(=O)N[C@H](C)[C@@H](OC(=O)[C@@H]1[C@@H]2CC[C@]3(O2)[C@H](C(=O)N(CC=C)c2ccc4ccccc4c2)N([C@H](C)CO)C(=O)[C@@H]13)c1ccccc1. The summed E-state index contributed by atoms with van der Waals surface area (Å²) in [6, 6.07) is 20.3. The van der Waals surface area contributed by atoms with Gasteiger partial charge in [0, 0.05) is 18.7 Å². The van der Waals surface area contributed by atoms with Gasteiger partial charge in [-0.05, 0) is 61.6 Å². The molecule has 8 atom stereocenters. The Hall–Kier alpha value is -4.80. The Balaban J connectivity index is 1.33. The lowest BCUT2D eigenvalue weighted by Gasteiger charge is -2.38. The van der Waals surface area contributed by atoms with E-state index in [-0.39, 0.29) is 31.4 Å². The van der Waals surface area contributed by atoms with Crippen LogP contribution in [0.4, 0.5) is 5.69 Å². The Labute approximate surface area is 292 Å². The average molecular weight is 680 g/mol. The zero-order valence-electron chi connectivity index (χ0n) is 28.6. The number of carbonyl (C=O) groups is 4. The first-order chi connectivity index (χ1) is 24.1. The van der Waals surface area contributed by atoms with Crippen molar-refractivity contribution in [1.29, 1.82) is 0 Å². The summed E-state index contributed by atoms with van der Waals surface area (Å²) in [6.07, 6.45) is 3.42. The lowest BCUT2D eigenvalue weighted by Crippen LogP contribution is -2.58. The van der Waals surface area contributed by atoms with Crippen molar-refractivity contribution in [3.63, 3.8) is 0 Å². The standard InChI is InChI=1S/C40H45N3O7/c1-5-7-17-32(45)41-26(4)35(28-14-9-8-10-15-28)49-39(48)33-31-20-21-40(50-31)34(33)37(46)43(25(3)24-44)36(40)38(47)42(22-6-2)30-19-18-27-13-11-12-16-29(27)23-30/h5-6,8-16,18-19,23,25-26,31,33-36,44H,1-2,7,17,20-22,24H2,3-4H3,(H,41,45)/t25-,26-,31+,33-,34-,35-,36+,40-/m1/s1. The number of esters is 1. The van der Waals surface area contributed by atoms with Gasteiger partial charge in [0.25, 0.3) is 5.91 Å². The molecule has 10 heteroatoms. The van der Waals surface area contributed by atoms with E-state index in [0.29, 0.717) is 30.5 Å². The van der Waals surface area contributed by atoms with E-state index in [1.807, 2.05) is 72.8 Å². The van der Waals surface area contributed by atoms with Crippen LogP contribution in [0.15, 0.2) is 98.1 Å². The second kappa shape index (κ2) is 14.6. The summed E-state index contributed by atoms with van der Waals surface area (Å²) in [5.41, 5.74) is 0.0263. The molecule has 0 radical (unpaired) electrons. The second-order valence-electron chi connectivity index (χ2n) is 13.6. The number of hydrogen-bond donors (Lipinski definition) is 2. The van der Waals surface area contributed by atoms with Crippen molar-refractivity contribution < 1.29 is 33.8 Å². The summed E-state index contributed by atoms with van der Waals surface area (Å²) in [5.74, 6) is -3.60. The molecule has 0 unspecified atom stereocenters. The van der Waals surface area contributed by atoms with Crippen LogP contribution >= 0.6 is 0 Å². The maximum Gasteiger partial charge on any atom is 0.313 e. The van der Waals surface area contributed by atoms with Gasteiger partial charge in [-0.3, -0.25) is 19.2 Å². The van der Waals surface area contributed by atoms with Crippen molar-refractivity contribution in [2.75, 3.05) is 18.1 Å². The van der Waals surface area contributed by atoms with E-state index < -0.39 is 59.6 Å².